The fourth-order valence-corrected chi connectivity index (χ4v) is 1.64. The predicted molar refractivity (Wildman–Crippen MR) is 65.1 cm³/mol. The Morgan fingerprint density at radius 3 is 2.22 bits per heavy atom. The van der Waals surface area contributed by atoms with Crippen LogP contribution in [0.25, 0.3) is 11.1 Å². The number of hydrogen-bond acceptors (Lipinski definition) is 2. The van der Waals surface area contributed by atoms with E-state index in [-0.39, 0.29) is 5.75 Å². The van der Waals surface area contributed by atoms with Gasteiger partial charge in [0.15, 0.2) is 0 Å². The zero-order valence-electron chi connectivity index (χ0n) is 9.77. The molecule has 0 atom stereocenters. The van der Waals surface area contributed by atoms with E-state index in [1.54, 1.807) is 19.2 Å². The molecule has 0 bridgehead atoms. The summed E-state index contributed by atoms with van der Waals surface area (Å²) in [6.07, 6.45) is 0. The molecule has 2 aromatic rings. The van der Waals surface area contributed by atoms with E-state index in [1.807, 2.05) is 30.3 Å². The summed E-state index contributed by atoms with van der Waals surface area (Å²) in [7, 11) is 1.59. The first-order valence-electron chi connectivity index (χ1n) is 5.38. The molecule has 0 aliphatic rings. The van der Waals surface area contributed by atoms with Crippen LogP contribution in [0.1, 0.15) is 0 Å². The molecule has 0 heterocycles. The first kappa shape index (κ1) is 12.4. The minimum absolute atomic E-state index is 0.151. The molecule has 4 heteroatoms. The maximum atomic E-state index is 12.1. The van der Waals surface area contributed by atoms with Crippen LogP contribution in [0.3, 0.4) is 0 Å². The van der Waals surface area contributed by atoms with Crippen molar-refractivity contribution in [3.8, 4) is 22.6 Å². The first-order chi connectivity index (χ1) is 8.69. The van der Waals surface area contributed by atoms with Crippen LogP contribution < -0.4 is 9.47 Å². The standard InChI is InChI=1S/C14H12F2O2/c1-17-12-7-5-10(6-8-12)11-3-2-4-13(9-11)18-14(15)16/h2-9,14H,1H3. The molecule has 0 spiro atoms. The Morgan fingerprint density at radius 2 is 1.61 bits per heavy atom. The molecule has 0 saturated carbocycles. The van der Waals surface area contributed by atoms with E-state index in [1.165, 1.54) is 6.07 Å². The number of methoxy groups -OCH3 is 1. The van der Waals surface area contributed by atoms with Gasteiger partial charge in [-0.3, -0.25) is 0 Å². The lowest BCUT2D eigenvalue weighted by Crippen LogP contribution is -2.01. The number of halogens is 2. The normalized spacial score (nSPS) is 10.4. The van der Waals surface area contributed by atoms with Crippen molar-refractivity contribution in [3.63, 3.8) is 0 Å². The molecule has 0 amide bonds. The fourth-order valence-electron chi connectivity index (χ4n) is 1.64. The smallest absolute Gasteiger partial charge is 0.387 e. The van der Waals surface area contributed by atoms with Crippen LogP contribution in [0.15, 0.2) is 48.5 Å². The van der Waals surface area contributed by atoms with Gasteiger partial charge in [-0.2, -0.15) is 8.78 Å². The van der Waals surface area contributed by atoms with Crippen molar-refractivity contribution in [1.29, 1.82) is 0 Å². The molecule has 0 radical (unpaired) electrons. The van der Waals surface area contributed by atoms with Gasteiger partial charge in [0.2, 0.25) is 0 Å². The lowest BCUT2D eigenvalue weighted by molar-refractivity contribution is -0.0498. The quantitative estimate of drug-likeness (QED) is 0.817. The number of rotatable bonds is 4. The van der Waals surface area contributed by atoms with Gasteiger partial charge in [-0.15, -0.1) is 0 Å². The molecule has 0 N–H and O–H groups in total. The van der Waals surface area contributed by atoms with Crippen molar-refractivity contribution >= 4 is 0 Å². The van der Waals surface area contributed by atoms with Gasteiger partial charge in [0.1, 0.15) is 11.5 Å². The highest BCUT2D eigenvalue weighted by atomic mass is 19.3. The molecule has 94 valence electrons. The number of benzene rings is 2. The van der Waals surface area contributed by atoms with Crippen molar-refractivity contribution < 1.29 is 18.3 Å². The third-order valence-electron chi connectivity index (χ3n) is 2.48. The summed E-state index contributed by atoms with van der Waals surface area (Å²) in [5, 5.41) is 0. The second kappa shape index (κ2) is 5.49. The molecule has 0 aliphatic carbocycles. The zero-order chi connectivity index (χ0) is 13.0. The summed E-state index contributed by atoms with van der Waals surface area (Å²) in [4.78, 5) is 0. The topological polar surface area (TPSA) is 18.5 Å². The first-order valence-corrected chi connectivity index (χ1v) is 5.38. The Morgan fingerprint density at radius 1 is 0.889 bits per heavy atom. The molecule has 0 saturated heterocycles. The Bertz CT molecular complexity index is 509. The predicted octanol–water partition coefficient (Wildman–Crippen LogP) is 3.96. The van der Waals surface area contributed by atoms with Gasteiger partial charge < -0.3 is 9.47 Å². The van der Waals surface area contributed by atoms with Gasteiger partial charge in [0.05, 0.1) is 7.11 Å². The summed E-state index contributed by atoms with van der Waals surface area (Å²) in [6, 6.07) is 13.9. The highest BCUT2D eigenvalue weighted by Crippen LogP contribution is 2.26. The molecule has 0 aliphatic heterocycles. The van der Waals surface area contributed by atoms with Crippen LogP contribution in [0.5, 0.6) is 11.5 Å². The Labute approximate surface area is 104 Å². The third-order valence-corrected chi connectivity index (χ3v) is 2.48. The maximum Gasteiger partial charge on any atom is 0.387 e. The van der Waals surface area contributed by atoms with Gasteiger partial charge in [-0.1, -0.05) is 24.3 Å². The summed E-state index contributed by atoms with van der Waals surface area (Å²) < 4.78 is 33.7. The lowest BCUT2D eigenvalue weighted by atomic mass is 10.1. The van der Waals surface area contributed by atoms with E-state index in [0.717, 1.165) is 16.9 Å². The minimum atomic E-state index is -2.81. The van der Waals surface area contributed by atoms with Crippen molar-refractivity contribution in [2.75, 3.05) is 7.11 Å². The second-order valence-electron chi connectivity index (χ2n) is 3.63. The molecular weight excluding hydrogens is 238 g/mol. The van der Waals surface area contributed by atoms with Gasteiger partial charge in [-0.05, 0) is 35.4 Å². The Kier molecular flexibility index (Phi) is 3.77. The van der Waals surface area contributed by atoms with Gasteiger partial charge in [-0.25, -0.2) is 0 Å². The largest absolute Gasteiger partial charge is 0.497 e. The van der Waals surface area contributed by atoms with Gasteiger partial charge >= 0.3 is 6.61 Å². The monoisotopic (exact) mass is 250 g/mol. The SMILES string of the molecule is COc1ccc(-c2cccc(OC(F)F)c2)cc1. The highest BCUT2D eigenvalue weighted by Gasteiger charge is 2.05. The van der Waals surface area contributed by atoms with Crippen LogP contribution in [0.4, 0.5) is 8.78 Å². The van der Waals surface area contributed by atoms with Crippen LogP contribution >= 0.6 is 0 Å². The highest BCUT2D eigenvalue weighted by molar-refractivity contribution is 5.65. The lowest BCUT2D eigenvalue weighted by Gasteiger charge is -2.07. The molecule has 0 aromatic heterocycles. The molecule has 2 nitrogen and oxygen atoms in total. The number of ether oxygens (including phenoxy) is 2. The van der Waals surface area contributed by atoms with E-state index in [4.69, 9.17) is 4.74 Å². The summed E-state index contributed by atoms with van der Waals surface area (Å²) in [5.74, 6) is 0.900. The summed E-state index contributed by atoms with van der Waals surface area (Å²) in [5.41, 5.74) is 1.73. The van der Waals surface area contributed by atoms with E-state index in [2.05, 4.69) is 4.74 Å². The van der Waals surface area contributed by atoms with E-state index in [9.17, 15) is 8.78 Å². The fraction of sp³-hybridized carbons (Fsp3) is 0.143. The molecule has 18 heavy (non-hydrogen) atoms. The van der Waals surface area contributed by atoms with Crippen LogP contribution in [0.2, 0.25) is 0 Å². The number of alkyl halides is 2. The van der Waals surface area contributed by atoms with E-state index in [0.29, 0.717) is 0 Å². The van der Waals surface area contributed by atoms with Gasteiger partial charge in [0.25, 0.3) is 0 Å². The summed E-state index contributed by atoms with van der Waals surface area (Å²) in [6.45, 7) is -2.81. The second-order valence-corrected chi connectivity index (χ2v) is 3.63. The zero-order valence-corrected chi connectivity index (χ0v) is 9.77. The van der Waals surface area contributed by atoms with Crippen LogP contribution in [-0.2, 0) is 0 Å². The molecule has 2 aromatic carbocycles. The van der Waals surface area contributed by atoms with Crippen molar-refractivity contribution in [3.05, 3.63) is 48.5 Å². The Hall–Kier alpha value is -2.10. The van der Waals surface area contributed by atoms with Crippen LogP contribution in [-0.4, -0.2) is 13.7 Å². The van der Waals surface area contributed by atoms with E-state index < -0.39 is 6.61 Å². The molecule has 0 fully saturated rings. The minimum Gasteiger partial charge on any atom is -0.497 e. The molecule has 0 unspecified atom stereocenters. The van der Waals surface area contributed by atoms with Crippen molar-refractivity contribution in [1.82, 2.24) is 0 Å². The van der Waals surface area contributed by atoms with E-state index >= 15 is 0 Å². The Balaban J connectivity index is 2.26. The number of hydrogen-bond donors (Lipinski definition) is 0. The molecule has 2 rings (SSSR count). The van der Waals surface area contributed by atoms with Crippen molar-refractivity contribution in [2.45, 2.75) is 6.61 Å². The average Bonchev–Trinajstić information content (AvgIpc) is 2.38. The third kappa shape index (κ3) is 2.97. The molecular formula is C14H12F2O2. The summed E-state index contributed by atoms with van der Waals surface area (Å²) >= 11 is 0. The van der Waals surface area contributed by atoms with Crippen molar-refractivity contribution in [2.24, 2.45) is 0 Å². The average molecular weight is 250 g/mol. The maximum absolute atomic E-state index is 12.1. The van der Waals surface area contributed by atoms with Gasteiger partial charge in [0, 0.05) is 0 Å². The van der Waals surface area contributed by atoms with Crippen LogP contribution in [0, 0.1) is 0 Å².